The summed E-state index contributed by atoms with van der Waals surface area (Å²) in [4.78, 5) is 0. The fourth-order valence-corrected chi connectivity index (χ4v) is 2.34. The molecule has 0 aliphatic rings. The van der Waals surface area contributed by atoms with Crippen molar-refractivity contribution < 1.29 is 0 Å². The highest BCUT2D eigenvalue weighted by atomic mass is 15.4. The molecule has 0 aliphatic carbocycles. The Morgan fingerprint density at radius 1 is 0.950 bits per heavy atom. The Morgan fingerprint density at radius 2 is 1.60 bits per heavy atom. The minimum atomic E-state index is 0.0615. The summed E-state index contributed by atoms with van der Waals surface area (Å²) >= 11 is 0. The fraction of sp³-hybridized carbons (Fsp3) is 0.125. The average Bonchev–Trinajstić information content (AvgIpc) is 2.99. The van der Waals surface area contributed by atoms with Gasteiger partial charge in [-0.25, -0.2) is 4.68 Å². The molecule has 0 fully saturated rings. The second kappa shape index (κ2) is 5.67. The normalized spacial score (nSPS) is 12.2. The molecule has 0 saturated heterocycles. The van der Waals surface area contributed by atoms with Crippen LogP contribution in [0.1, 0.15) is 17.3 Å². The van der Waals surface area contributed by atoms with Crippen molar-refractivity contribution in [3.05, 3.63) is 78.1 Å². The van der Waals surface area contributed by atoms with E-state index in [9.17, 15) is 0 Å². The minimum Gasteiger partial charge on any atom is -0.308 e. The second-order valence-corrected chi connectivity index (χ2v) is 4.54. The van der Waals surface area contributed by atoms with Crippen molar-refractivity contribution in [1.29, 1.82) is 0 Å². The molecule has 100 valence electrons. The topological polar surface area (TPSA) is 42.7 Å². The van der Waals surface area contributed by atoms with E-state index in [1.807, 2.05) is 60.3 Å². The van der Waals surface area contributed by atoms with Gasteiger partial charge in [-0.15, -0.1) is 5.10 Å². The van der Waals surface area contributed by atoms with Crippen molar-refractivity contribution in [3.63, 3.8) is 0 Å². The lowest BCUT2D eigenvalue weighted by atomic mass is 10.0. The molecule has 0 amide bonds. The van der Waals surface area contributed by atoms with Crippen molar-refractivity contribution >= 4 is 0 Å². The second-order valence-electron chi connectivity index (χ2n) is 4.54. The first-order valence-electron chi connectivity index (χ1n) is 6.58. The summed E-state index contributed by atoms with van der Waals surface area (Å²) in [5.41, 5.74) is 3.22. The van der Waals surface area contributed by atoms with E-state index in [1.165, 1.54) is 5.56 Å². The molecule has 3 aromatic rings. The maximum atomic E-state index is 4.21. The van der Waals surface area contributed by atoms with Gasteiger partial charge in [0.05, 0.1) is 23.6 Å². The van der Waals surface area contributed by atoms with Gasteiger partial charge in [0.25, 0.3) is 0 Å². The van der Waals surface area contributed by atoms with Crippen LogP contribution in [-0.2, 0) is 0 Å². The molecule has 4 nitrogen and oxygen atoms in total. The van der Waals surface area contributed by atoms with Crippen LogP contribution in [0.4, 0.5) is 0 Å². The highest BCUT2D eigenvalue weighted by Crippen LogP contribution is 2.22. The van der Waals surface area contributed by atoms with Gasteiger partial charge in [0, 0.05) is 0 Å². The Hall–Kier alpha value is -2.46. The summed E-state index contributed by atoms with van der Waals surface area (Å²) in [5, 5.41) is 11.6. The number of nitrogens with zero attached hydrogens (tertiary/aromatic N) is 3. The third-order valence-electron chi connectivity index (χ3n) is 3.29. The van der Waals surface area contributed by atoms with Crippen LogP contribution >= 0.6 is 0 Å². The molecule has 1 unspecified atom stereocenters. The van der Waals surface area contributed by atoms with Crippen molar-refractivity contribution in [3.8, 4) is 5.69 Å². The van der Waals surface area contributed by atoms with Crippen LogP contribution in [0.2, 0.25) is 0 Å². The minimum absolute atomic E-state index is 0.0615. The predicted octanol–water partition coefficient (Wildman–Crippen LogP) is 2.58. The van der Waals surface area contributed by atoms with E-state index < -0.39 is 0 Å². The Morgan fingerprint density at radius 3 is 2.25 bits per heavy atom. The van der Waals surface area contributed by atoms with Crippen LogP contribution in [-0.4, -0.2) is 22.0 Å². The predicted molar refractivity (Wildman–Crippen MR) is 78.7 cm³/mol. The molecule has 0 aliphatic heterocycles. The molecule has 3 rings (SSSR count). The molecule has 0 bridgehead atoms. The maximum absolute atomic E-state index is 4.21. The van der Waals surface area contributed by atoms with Gasteiger partial charge in [-0.05, 0) is 24.7 Å². The lowest BCUT2D eigenvalue weighted by molar-refractivity contribution is 0.634. The summed E-state index contributed by atoms with van der Waals surface area (Å²) < 4.78 is 1.87. The largest absolute Gasteiger partial charge is 0.308 e. The molecule has 0 saturated carbocycles. The Balaban J connectivity index is 2.04. The number of aromatic nitrogens is 3. The lowest BCUT2D eigenvalue weighted by Crippen LogP contribution is -2.21. The lowest BCUT2D eigenvalue weighted by Gasteiger charge is -2.17. The first kappa shape index (κ1) is 12.6. The summed E-state index contributed by atoms with van der Waals surface area (Å²) in [6, 6.07) is 20.4. The smallest absolute Gasteiger partial charge is 0.0860 e. The van der Waals surface area contributed by atoms with Crippen LogP contribution in [0.25, 0.3) is 5.69 Å². The Kier molecular flexibility index (Phi) is 3.56. The van der Waals surface area contributed by atoms with Crippen LogP contribution in [0, 0.1) is 0 Å². The maximum Gasteiger partial charge on any atom is 0.0860 e. The monoisotopic (exact) mass is 264 g/mol. The van der Waals surface area contributed by atoms with Crippen molar-refractivity contribution in [2.45, 2.75) is 6.04 Å². The molecule has 2 aromatic carbocycles. The Labute approximate surface area is 118 Å². The van der Waals surface area contributed by atoms with E-state index >= 15 is 0 Å². The molecule has 0 spiro atoms. The summed E-state index contributed by atoms with van der Waals surface area (Å²) in [5.74, 6) is 0. The molecule has 1 heterocycles. The molecule has 20 heavy (non-hydrogen) atoms. The first-order valence-corrected chi connectivity index (χ1v) is 6.58. The van der Waals surface area contributed by atoms with E-state index in [4.69, 9.17) is 0 Å². The number of nitrogens with one attached hydrogen (secondary N) is 1. The number of rotatable bonds is 4. The number of benzene rings is 2. The van der Waals surface area contributed by atoms with E-state index in [2.05, 4.69) is 27.8 Å². The number of hydrogen-bond donors (Lipinski definition) is 1. The average molecular weight is 264 g/mol. The van der Waals surface area contributed by atoms with Gasteiger partial charge in [-0.3, -0.25) is 0 Å². The summed E-state index contributed by atoms with van der Waals surface area (Å²) in [7, 11) is 1.94. The summed E-state index contributed by atoms with van der Waals surface area (Å²) in [6.45, 7) is 0. The van der Waals surface area contributed by atoms with Gasteiger partial charge >= 0.3 is 0 Å². The van der Waals surface area contributed by atoms with Gasteiger partial charge in [-0.1, -0.05) is 53.7 Å². The zero-order valence-electron chi connectivity index (χ0n) is 11.3. The molecule has 1 N–H and O–H groups in total. The van der Waals surface area contributed by atoms with Crippen LogP contribution in [0.3, 0.4) is 0 Å². The quantitative estimate of drug-likeness (QED) is 0.787. The van der Waals surface area contributed by atoms with Gasteiger partial charge in [0.2, 0.25) is 0 Å². The van der Waals surface area contributed by atoms with Crippen LogP contribution in [0.5, 0.6) is 0 Å². The van der Waals surface area contributed by atoms with Gasteiger partial charge in [0.15, 0.2) is 0 Å². The fourth-order valence-electron chi connectivity index (χ4n) is 2.34. The first-order chi connectivity index (χ1) is 9.90. The Bertz CT molecular complexity index is 661. The third-order valence-corrected chi connectivity index (χ3v) is 3.29. The van der Waals surface area contributed by atoms with E-state index in [1.54, 1.807) is 6.20 Å². The van der Waals surface area contributed by atoms with Gasteiger partial charge in [0.1, 0.15) is 0 Å². The number of para-hydroxylation sites is 1. The van der Waals surface area contributed by atoms with Crippen molar-refractivity contribution in [2.24, 2.45) is 0 Å². The van der Waals surface area contributed by atoms with E-state index in [0.29, 0.717) is 0 Å². The van der Waals surface area contributed by atoms with Crippen molar-refractivity contribution in [2.75, 3.05) is 7.05 Å². The SMILES string of the molecule is CNC(c1ccccc1)c1cnnn1-c1ccccc1. The highest BCUT2D eigenvalue weighted by molar-refractivity contribution is 5.35. The molecule has 1 aromatic heterocycles. The molecule has 1 atom stereocenters. The molecule has 4 heteroatoms. The number of hydrogen-bond acceptors (Lipinski definition) is 3. The third kappa shape index (κ3) is 2.33. The van der Waals surface area contributed by atoms with E-state index in [0.717, 1.165) is 11.4 Å². The van der Waals surface area contributed by atoms with Crippen molar-refractivity contribution in [1.82, 2.24) is 20.3 Å². The van der Waals surface area contributed by atoms with Crippen LogP contribution in [0.15, 0.2) is 66.9 Å². The molecular formula is C16H16N4. The highest BCUT2D eigenvalue weighted by Gasteiger charge is 2.17. The molecule has 0 radical (unpaired) electrons. The zero-order valence-corrected chi connectivity index (χ0v) is 11.3. The molecular weight excluding hydrogens is 248 g/mol. The summed E-state index contributed by atoms with van der Waals surface area (Å²) in [6.07, 6.45) is 1.81. The van der Waals surface area contributed by atoms with Crippen LogP contribution < -0.4 is 5.32 Å². The van der Waals surface area contributed by atoms with Gasteiger partial charge in [-0.2, -0.15) is 0 Å². The standard InChI is InChI=1S/C16H16N4/c1-17-16(13-8-4-2-5-9-13)15-12-18-19-20(15)14-10-6-3-7-11-14/h2-12,16-17H,1H3. The van der Waals surface area contributed by atoms with Gasteiger partial charge < -0.3 is 5.32 Å². The zero-order chi connectivity index (χ0) is 13.8. The van der Waals surface area contributed by atoms with E-state index in [-0.39, 0.29) is 6.04 Å².